The van der Waals surface area contributed by atoms with E-state index in [0.29, 0.717) is 11.6 Å². The van der Waals surface area contributed by atoms with E-state index in [1.807, 2.05) is 16.8 Å². The molecule has 28 heavy (non-hydrogen) atoms. The average Bonchev–Trinajstić information content (AvgIpc) is 3.33. The molecule has 3 rings (SSSR count). The Hall–Kier alpha value is -2.26. The van der Waals surface area contributed by atoms with E-state index in [9.17, 15) is 14.4 Å². The molecule has 1 aliphatic rings. The van der Waals surface area contributed by atoms with Crippen LogP contribution in [-0.4, -0.2) is 35.5 Å². The van der Waals surface area contributed by atoms with E-state index in [1.165, 1.54) is 17.8 Å². The van der Waals surface area contributed by atoms with Gasteiger partial charge in [0.25, 0.3) is 5.91 Å². The number of aromatic nitrogens is 1. The van der Waals surface area contributed by atoms with Gasteiger partial charge in [-0.05, 0) is 30.2 Å². The molecule has 0 aromatic carbocycles. The van der Waals surface area contributed by atoms with Crippen LogP contribution in [0.3, 0.4) is 0 Å². The second-order valence-electron chi connectivity index (χ2n) is 6.88. The van der Waals surface area contributed by atoms with Crippen LogP contribution in [0.1, 0.15) is 38.3 Å². The fourth-order valence-corrected chi connectivity index (χ4v) is 4.68. The minimum atomic E-state index is -0.647. The predicted molar refractivity (Wildman–Crippen MR) is 108 cm³/mol. The number of thiophene rings is 1. The van der Waals surface area contributed by atoms with Crippen molar-refractivity contribution < 1.29 is 19.1 Å². The smallest absolute Gasteiger partial charge is 0.321 e. The fourth-order valence-electron chi connectivity index (χ4n) is 3.15. The van der Waals surface area contributed by atoms with Gasteiger partial charge < -0.3 is 10.1 Å². The molecule has 2 atom stereocenters. The van der Waals surface area contributed by atoms with Crippen molar-refractivity contribution >= 4 is 40.6 Å². The molecule has 0 bridgehead atoms. The third kappa shape index (κ3) is 5.87. The largest absolute Gasteiger partial charge is 0.455 e. The summed E-state index contributed by atoms with van der Waals surface area (Å²) in [5, 5.41) is 11.6. The van der Waals surface area contributed by atoms with Gasteiger partial charge in [0.15, 0.2) is 6.61 Å². The summed E-state index contributed by atoms with van der Waals surface area (Å²) < 4.78 is 4.96. The number of nitrogens with one attached hydrogen (secondary N) is 2. The first kappa shape index (κ1) is 20.5. The number of carbonyl (C=O) groups excluding carboxylic acids is 3. The molecule has 2 N–H and O–H groups in total. The Balaban J connectivity index is 1.38. The van der Waals surface area contributed by atoms with Crippen molar-refractivity contribution in [2.75, 3.05) is 6.61 Å². The molecule has 7 nitrogen and oxygen atoms in total. The van der Waals surface area contributed by atoms with Gasteiger partial charge >= 0.3 is 12.0 Å². The third-order valence-corrected chi connectivity index (χ3v) is 6.31. The molecule has 150 valence electrons. The first-order valence-corrected chi connectivity index (χ1v) is 11.1. The predicted octanol–water partition coefficient (Wildman–Crippen LogP) is 3.36. The molecule has 0 radical (unpaired) electrons. The highest BCUT2D eigenvalue weighted by atomic mass is 32.1. The normalized spacial score (nSPS) is 19.0. The first-order chi connectivity index (χ1) is 13.5. The lowest BCUT2D eigenvalue weighted by atomic mass is 9.86. The summed E-state index contributed by atoms with van der Waals surface area (Å²) in [5.41, 5.74) is 1.62. The van der Waals surface area contributed by atoms with Crippen LogP contribution in [0, 0.1) is 5.92 Å². The lowest BCUT2D eigenvalue weighted by molar-refractivity contribution is -0.147. The molecule has 1 aliphatic carbocycles. The summed E-state index contributed by atoms with van der Waals surface area (Å²) in [7, 11) is 0. The Kier molecular flexibility index (Phi) is 7.16. The minimum Gasteiger partial charge on any atom is -0.455 e. The molecule has 3 amide bonds. The van der Waals surface area contributed by atoms with Gasteiger partial charge in [0.1, 0.15) is 5.01 Å². The molecular formula is C19H23N3O4S2. The molecule has 0 saturated heterocycles. The zero-order valence-electron chi connectivity index (χ0n) is 15.6. The van der Waals surface area contributed by atoms with E-state index in [-0.39, 0.29) is 12.5 Å². The van der Waals surface area contributed by atoms with Crippen LogP contribution >= 0.6 is 22.7 Å². The van der Waals surface area contributed by atoms with Crippen LogP contribution in [0.15, 0.2) is 22.2 Å². The second kappa shape index (κ2) is 9.79. The number of nitrogens with zero attached hydrogens (tertiary/aromatic N) is 1. The van der Waals surface area contributed by atoms with Gasteiger partial charge in [-0.15, -0.1) is 11.3 Å². The van der Waals surface area contributed by atoms with Crippen LogP contribution in [0.5, 0.6) is 0 Å². The number of ether oxygens (including phenoxy) is 1. The maximum atomic E-state index is 11.9. The Bertz CT molecular complexity index is 819. The number of rotatable bonds is 6. The number of amides is 3. The highest BCUT2D eigenvalue weighted by Gasteiger charge is 2.23. The van der Waals surface area contributed by atoms with Crippen LogP contribution in [0.25, 0.3) is 10.6 Å². The summed E-state index contributed by atoms with van der Waals surface area (Å²) >= 11 is 3.04. The Morgan fingerprint density at radius 3 is 2.82 bits per heavy atom. The highest BCUT2D eigenvalue weighted by molar-refractivity contribution is 7.14. The first-order valence-electron chi connectivity index (χ1n) is 9.24. The van der Waals surface area contributed by atoms with Gasteiger partial charge in [-0.2, -0.15) is 11.3 Å². The van der Waals surface area contributed by atoms with Crippen molar-refractivity contribution in [2.24, 2.45) is 5.92 Å². The standard InChI is InChI=1S/C19H23N3O4S2/c1-12-4-2-3-5-15(12)21-19(25)22-16(23)9-26-17(24)8-14-11-28-18(20-14)13-6-7-27-10-13/h6-7,10-12,15H,2-5,8-9H2,1H3,(H2,21,22,23,25)/t12-,15-/m1/s1. The van der Waals surface area contributed by atoms with Gasteiger partial charge in [0.2, 0.25) is 0 Å². The van der Waals surface area contributed by atoms with Crippen molar-refractivity contribution in [3.63, 3.8) is 0 Å². The van der Waals surface area contributed by atoms with E-state index >= 15 is 0 Å². The number of thiazole rings is 1. The molecule has 2 aromatic rings. The van der Waals surface area contributed by atoms with Crippen molar-refractivity contribution in [3.8, 4) is 10.6 Å². The molecule has 9 heteroatoms. The van der Waals surface area contributed by atoms with Crippen LogP contribution in [0.4, 0.5) is 4.79 Å². The lowest BCUT2D eigenvalue weighted by Crippen LogP contribution is -2.48. The van der Waals surface area contributed by atoms with Gasteiger partial charge in [-0.25, -0.2) is 9.78 Å². The summed E-state index contributed by atoms with van der Waals surface area (Å²) in [4.78, 5) is 40.1. The Morgan fingerprint density at radius 1 is 1.25 bits per heavy atom. The van der Waals surface area contributed by atoms with Gasteiger partial charge in [-0.3, -0.25) is 14.9 Å². The van der Waals surface area contributed by atoms with Gasteiger partial charge in [0, 0.05) is 22.4 Å². The van der Waals surface area contributed by atoms with E-state index in [4.69, 9.17) is 4.74 Å². The molecule has 0 unspecified atom stereocenters. The van der Waals surface area contributed by atoms with Crippen molar-refractivity contribution in [3.05, 3.63) is 27.9 Å². The van der Waals surface area contributed by atoms with Crippen LogP contribution in [-0.2, 0) is 20.7 Å². The number of hydrogen-bond acceptors (Lipinski definition) is 7. The number of imide groups is 1. The van der Waals surface area contributed by atoms with Crippen molar-refractivity contribution in [2.45, 2.75) is 45.1 Å². The maximum Gasteiger partial charge on any atom is 0.321 e. The zero-order valence-corrected chi connectivity index (χ0v) is 17.2. The third-order valence-electron chi connectivity index (χ3n) is 4.69. The van der Waals surface area contributed by atoms with E-state index in [0.717, 1.165) is 29.8 Å². The number of hydrogen-bond donors (Lipinski definition) is 2. The minimum absolute atomic E-state index is 0.0142. The lowest BCUT2D eigenvalue weighted by Gasteiger charge is -2.29. The summed E-state index contributed by atoms with van der Waals surface area (Å²) in [6.45, 7) is 1.60. The molecule has 1 saturated carbocycles. The highest BCUT2D eigenvalue weighted by Crippen LogP contribution is 2.26. The van der Waals surface area contributed by atoms with E-state index < -0.39 is 24.5 Å². The Labute approximate surface area is 171 Å². The summed E-state index contributed by atoms with van der Waals surface area (Å²) in [5.74, 6) is -0.810. The van der Waals surface area contributed by atoms with Crippen molar-refractivity contribution in [1.82, 2.24) is 15.6 Å². The topological polar surface area (TPSA) is 97.4 Å². The van der Waals surface area contributed by atoms with Crippen LogP contribution < -0.4 is 10.6 Å². The molecule has 2 aromatic heterocycles. The SMILES string of the molecule is C[C@@H]1CCCC[C@H]1NC(=O)NC(=O)COC(=O)Cc1csc(-c2ccsc2)n1. The molecule has 1 fully saturated rings. The van der Waals surface area contributed by atoms with Gasteiger partial charge in [0.05, 0.1) is 12.1 Å². The molecule has 0 spiro atoms. The fraction of sp³-hybridized carbons (Fsp3) is 0.474. The molecule has 2 heterocycles. The quantitative estimate of drug-likeness (QED) is 0.697. The number of urea groups is 1. The van der Waals surface area contributed by atoms with Crippen LogP contribution in [0.2, 0.25) is 0 Å². The average molecular weight is 422 g/mol. The summed E-state index contributed by atoms with van der Waals surface area (Å²) in [6.07, 6.45) is 4.22. The summed E-state index contributed by atoms with van der Waals surface area (Å²) in [6, 6.07) is 1.50. The maximum absolute atomic E-state index is 11.9. The Morgan fingerprint density at radius 2 is 2.07 bits per heavy atom. The number of carbonyl (C=O) groups is 3. The second-order valence-corrected chi connectivity index (χ2v) is 8.52. The van der Waals surface area contributed by atoms with Crippen molar-refractivity contribution in [1.29, 1.82) is 0 Å². The molecule has 0 aliphatic heterocycles. The number of esters is 1. The molecular weight excluding hydrogens is 398 g/mol. The van der Waals surface area contributed by atoms with E-state index in [2.05, 4.69) is 22.5 Å². The van der Waals surface area contributed by atoms with E-state index in [1.54, 1.807) is 16.7 Å². The van der Waals surface area contributed by atoms with Gasteiger partial charge in [-0.1, -0.05) is 19.8 Å². The monoisotopic (exact) mass is 421 g/mol. The zero-order chi connectivity index (χ0) is 19.9.